The van der Waals surface area contributed by atoms with Gasteiger partial charge in [-0.15, -0.1) is 0 Å². The molecular formula is C14H19N5O2. The smallest absolute Gasteiger partial charge is 0.332 e. The van der Waals surface area contributed by atoms with E-state index in [-0.39, 0.29) is 11.4 Å². The van der Waals surface area contributed by atoms with E-state index in [1.807, 2.05) is 0 Å². The van der Waals surface area contributed by atoms with E-state index in [1.54, 1.807) is 7.05 Å². The van der Waals surface area contributed by atoms with Gasteiger partial charge in [-0.2, -0.15) is 0 Å². The van der Waals surface area contributed by atoms with Crippen molar-refractivity contribution in [2.24, 2.45) is 14.1 Å². The lowest BCUT2D eigenvalue weighted by molar-refractivity contribution is 0.640. The van der Waals surface area contributed by atoms with Crippen molar-refractivity contribution < 1.29 is 0 Å². The Bertz CT molecular complexity index is 827. The van der Waals surface area contributed by atoms with Gasteiger partial charge < -0.3 is 10.7 Å². The second-order valence-corrected chi connectivity index (χ2v) is 5.56. The molecule has 3 rings (SSSR count). The van der Waals surface area contributed by atoms with Crippen molar-refractivity contribution in [1.82, 2.24) is 19.1 Å². The normalized spacial score (nSPS) is 17.2. The quantitative estimate of drug-likeness (QED) is 0.840. The first-order valence-electron chi connectivity index (χ1n) is 7.10. The number of imidazole rings is 1. The fraction of sp³-hybridized carbons (Fsp3) is 0.500. The number of nitrogens with zero attached hydrogens (tertiary/aromatic N) is 3. The Morgan fingerprint density at radius 3 is 2.71 bits per heavy atom. The maximum absolute atomic E-state index is 12.4. The van der Waals surface area contributed by atoms with Crippen LogP contribution in [-0.2, 0) is 20.5 Å². The Kier molecular flexibility index (Phi) is 3.00. The number of hydrogen-bond acceptors (Lipinski definition) is 4. The molecule has 1 unspecified atom stereocenters. The van der Waals surface area contributed by atoms with Crippen LogP contribution in [-0.4, -0.2) is 19.1 Å². The number of aromatic nitrogens is 4. The van der Waals surface area contributed by atoms with E-state index in [2.05, 4.69) is 16.9 Å². The van der Waals surface area contributed by atoms with Gasteiger partial charge in [0.2, 0.25) is 0 Å². The molecule has 112 valence electrons. The van der Waals surface area contributed by atoms with Crippen LogP contribution < -0.4 is 17.0 Å². The topological polar surface area (TPSA) is 98.7 Å². The van der Waals surface area contributed by atoms with E-state index in [1.165, 1.54) is 11.6 Å². The molecule has 21 heavy (non-hydrogen) atoms. The lowest BCUT2D eigenvalue weighted by atomic mass is 10.1. The zero-order valence-electron chi connectivity index (χ0n) is 12.4. The van der Waals surface area contributed by atoms with E-state index >= 15 is 0 Å². The van der Waals surface area contributed by atoms with Gasteiger partial charge >= 0.3 is 5.69 Å². The first-order chi connectivity index (χ1) is 9.95. The highest BCUT2D eigenvalue weighted by Gasteiger charge is 2.27. The molecule has 0 amide bonds. The second kappa shape index (κ2) is 4.61. The summed E-state index contributed by atoms with van der Waals surface area (Å²) >= 11 is 0. The number of nitrogen functional groups attached to an aromatic ring is 1. The Balaban J connectivity index is 2.24. The van der Waals surface area contributed by atoms with Crippen LogP contribution in [0.15, 0.2) is 9.59 Å². The minimum Gasteiger partial charge on any atom is -0.384 e. The lowest BCUT2D eigenvalue weighted by Gasteiger charge is -2.10. The SMILES string of the molecule is CCC1CCc2[nH]c(-c3c(N)n(C)c(=O)n(C)c3=O)nc21. The number of nitrogens with two attached hydrogens (primary N) is 1. The van der Waals surface area contributed by atoms with Crippen molar-refractivity contribution in [2.75, 3.05) is 5.73 Å². The summed E-state index contributed by atoms with van der Waals surface area (Å²) in [4.78, 5) is 32.0. The van der Waals surface area contributed by atoms with Crippen molar-refractivity contribution in [3.8, 4) is 11.4 Å². The van der Waals surface area contributed by atoms with E-state index < -0.39 is 11.2 Å². The molecule has 1 atom stereocenters. The lowest BCUT2D eigenvalue weighted by Crippen LogP contribution is -2.39. The fourth-order valence-electron chi connectivity index (χ4n) is 3.00. The van der Waals surface area contributed by atoms with Crippen molar-refractivity contribution in [1.29, 1.82) is 0 Å². The van der Waals surface area contributed by atoms with Gasteiger partial charge in [0.25, 0.3) is 5.56 Å². The summed E-state index contributed by atoms with van der Waals surface area (Å²) in [6.45, 7) is 2.13. The largest absolute Gasteiger partial charge is 0.384 e. The zero-order valence-corrected chi connectivity index (χ0v) is 12.4. The number of anilines is 1. The first-order valence-corrected chi connectivity index (χ1v) is 7.10. The fourth-order valence-corrected chi connectivity index (χ4v) is 3.00. The summed E-state index contributed by atoms with van der Waals surface area (Å²) in [5, 5.41) is 0. The molecule has 7 heteroatoms. The standard InChI is InChI=1S/C14H19N5O2/c1-4-7-5-6-8-10(7)17-12(16-8)9-11(15)18(2)14(21)19(3)13(9)20/h7H,4-6,15H2,1-3H3,(H,16,17). The molecular weight excluding hydrogens is 270 g/mol. The molecule has 0 saturated carbocycles. The van der Waals surface area contributed by atoms with Gasteiger partial charge in [0, 0.05) is 25.7 Å². The first kappa shape index (κ1) is 13.7. The Morgan fingerprint density at radius 1 is 1.33 bits per heavy atom. The van der Waals surface area contributed by atoms with E-state index in [9.17, 15) is 9.59 Å². The van der Waals surface area contributed by atoms with Crippen LogP contribution in [0.2, 0.25) is 0 Å². The number of H-pyrrole nitrogens is 1. The Labute approximate surface area is 121 Å². The summed E-state index contributed by atoms with van der Waals surface area (Å²) < 4.78 is 2.32. The summed E-state index contributed by atoms with van der Waals surface area (Å²) in [7, 11) is 2.99. The average molecular weight is 289 g/mol. The van der Waals surface area contributed by atoms with Crippen LogP contribution >= 0.6 is 0 Å². The highest BCUT2D eigenvalue weighted by Crippen LogP contribution is 2.35. The van der Waals surface area contributed by atoms with Gasteiger partial charge in [0.1, 0.15) is 17.2 Å². The second-order valence-electron chi connectivity index (χ2n) is 5.56. The molecule has 0 aromatic carbocycles. The number of rotatable bonds is 2. The predicted octanol–water partition coefficient (Wildman–Crippen LogP) is 0.496. The molecule has 0 bridgehead atoms. The van der Waals surface area contributed by atoms with E-state index in [4.69, 9.17) is 5.73 Å². The molecule has 2 aromatic rings. The number of fused-ring (bicyclic) bond motifs is 1. The maximum atomic E-state index is 12.4. The molecule has 7 nitrogen and oxygen atoms in total. The molecule has 0 saturated heterocycles. The van der Waals surface area contributed by atoms with Crippen LogP contribution in [0.4, 0.5) is 5.82 Å². The summed E-state index contributed by atoms with van der Waals surface area (Å²) in [5.41, 5.74) is 7.48. The van der Waals surface area contributed by atoms with E-state index in [0.29, 0.717) is 11.7 Å². The van der Waals surface area contributed by atoms with Gasteiger partial charge in [0.05, 0.1) is 5.69 Å². The van der Waals surface area contributed by atoms with Gasteiger partial charge in [-0.3, -0.25) is 13.9 Å². The number of aromatic amines is 1. The summed E-state index contributed by atoms with van der Waals surface area (Å²) in [6, 6.07) is 0. The molecule has 1 aliphatic rings. The molecule has 0 radical (unpaired) electrons. The average Bonchev–Trinajstić information content (AvgIpc) is 3.03. The van der Waals surface area contributed by atoms with Crippen molar-refractivity contribution in [3.63, 3.8) is 0 Å². The van der Waals surface area contributed by atoms with Crippen LogP contribution in [0.3, 0.4) is 0 Å². The molecule has 0 spiro atoms. The van der Waals surface area contributed by atoms with Crippen molar-refractivity contribution in [2.45, 2.75) is 32.1 Å². The zero-order chi connectivity index (χ0) is 15.3. The summed E-state index contributed by atoms with van der Waals surface area (Å²) in [5.74, 6) is 1.04. The number of nitrogens with one attached hydrogen (secondary N) is 1. The van der Waals surface area contributed by atoms with Gasteiger partial charge in [-0.05, 0) is 19.3 Å². The third-order valence-electron chi connectivity index (χ3n) is 4.38. The maximum Gasteiger partial charge on any atom is 0.332 e. The van der Waals surface area contributed by atoms with Crippen LogP contribution in [0.25, 0.3) is 11.4 Å². The predicted molar refractivity (Wildman–Crippen MR) is 80.3 cm³/mol. The Hall–Kier alpha value is -2.31. The molecule has 2 aromatic heterocycles. The highest BCUT2D eigenvalue weighted by atomic mass is 16.2. The monoisotopic (exact) mass is 289 g/mol. The van der Waals surface area contributed by atoms with Gasteiger partial charge in [-0.25, -0.2) is 9.78 Å². The van der Waals surface area contributed by atoms with Crippen molar-refractivity contribution in [3.05, 3.63) is 32.2 Å². The van der Waals surface area contributed by atoms with Gasteiger partial charge in [0.15, 0.2) is 0 Å². The highest BCUT2D eigenvalue weighted by molar-refractivity contribution is 5.68. The number of aryl methyl sites for hydroxylation is 1. The molecule has 1 aliphatic carbocycles. The molecule has 0 aliphatic heterocycles. The van der Waals surface area contributed by atoms with Crippen LogP contribution in [0, 0.1) is 0 Å². The van der Waals surface area contributed by atoms with E-state index in [0.717, 1.165) is 35.2 Å². The number of hydrogen-bond donors (Lipinski definition) is 2. The molecule has 2 heterocycles. The summed E-state index contributed by atoms with van der Waals surface area (Å²) in [6.07, 6.45) is 3.05. The third kappa shape index (κ3) is 1.84. The third-order valence-corrected chi connectivity index (χ3v) is 4.38. The minimum absolute atomic E-state index is 0.142. The van der Waals surface area contributed by atoms with Crippen LogP contribution in [0.1, 0.15) is 37.1 Å². The van der Waals surface area contributed by atoms with Crippen molar-refractivity contribution >= 4 is 5.82 Å². The molecule has 0 fully saturated rings. The Morgan fingerprint density at radius 2 is 2.05 bits per heavy atom. The molecule has 3 N–H and O–H groups in total. The minimum atomic E-state index is -0.438. The van der Waals surface area contributed by atoms with Crippen LogP contribution in [0.5, 0.6) is 0 Å². The van der Waals surface area contributed by atoms with Gasteiger partial charge in [-0.1, -0.05) is 6.92 Å².